The van der Waals surface area contributed by atoms with Crippen LogP contribution in [0, 0.1) is 0 Å². The van der Waals surface area contributed by atoms with E-state index >= 15 is 0 Å². The number of aliphatic carboxylic acids is 2. The zero-order valence-electron chi connectivity index (χ0n) is 19.5. The van der Waals surface area contributed by atoms with E-state index in [9.17, 15) is 4.79 Å². The lowest BCUT2D eigenvalue weighted by molar-refractivity contribution is -0.159. The summed E-state index contributed by atoms with van der Waals surface area (Å²) in [7, 11) is 3.27. The Bertz CT molecular complexity index is 957. The van der Waals surface area contributed by atoms with Gasteiger partial charge in [0.05, 0.1) is 20.8 Å². The molecule has 0 spiro atoms. The fourth-order valence-corrected chi connectivity index (χ4v) is 3.37. The zero-order chi connectivity index (χ0) is 25.1. The van der Waals surface area contributed by atoms with Crippen molar-refractivity contribution in [2.24, 2.45) is 0 Å². The first-order valence-corrected chi connectivity index (χ1v) is 10.7. The number of hydrogen-bond acceptors (Lipinski definition) is 7. The molecule has 2 N–H and O–H groups in total. The third-order valence-corrected chi connectivity index (χ3v) is 5.11. The molecular weight excluding hydrogens is 444 g/mol. The molecule has 2 aromatic rings. The average Bonchev–Trinajstić information content (AvgIpc) is 2.85. The van der Waals surface area contributed by atoms with E-state index < -0.39 is 11.9 Å². The average molecular weight is 475 g/mol. The van der Waals surface area contributed by atoms with Crippen molar-refractivity contribution in [1.82, 2.24) is 9.80 Å². The van der Waals surface area contributed by atoms with Crippen LogP contribution >= 0.6 is 0 Å². The Morgan fingerprint density at radius 1 is 0.853 bits per heavy atom. The van der Waals surface area contributed by atoms with E-state index in [4.69, 9.17) is 34.0 Å². The quantitative estimate of drug-likeness (QED) is 0.581. The van der Waals surface area contributed by atoms with Gasteiger partial charge in [-0.25, -0.2) is 9.59 Å². The minimum Gasteiger partial charge on any atom is -0.497 e. The number of rotatable bonds is 7. The van der Waals surface area contributed by atoms with Gasteiger partial charge in [0.15, 0.2) is 11.5 Å². The van der Waals surface area contributed by atoms with Gasteiger partial charge in [0.25, 0.3) is 5.91 Å². The van der Waals surface area contributed by atoms with E-state index in [2.05, 4.69) is 11.0 Å². The summed E-state index contributed by atoms with van der Waals surface area (Å²) in [6, 6.07) is 13.3. The monoisotopic (exact) mass is 474 g/mol. The van der Waals surface area contributed by atoms with Crippen LogP contribution in [-0.2, 0) is 16.1 Å². The van der Waals surface area contributed by atoms with Gasteiger partial charge in [0.1, 0.15) is 5.75 Å². The Kier molecular flexibility index (Phi) is 10.2. The number of carboxylic acids is 2. The van der Waals surface area contributed by atoms with Crippen LogP contribution in [0.1, 0.15) is 22.8 Å². The van der Waals surface area contributed by atoms with Crippen molar-refractivity contribution in [1.29, 1.82) is 0 Å². The number of amides is 1. The summed E-state index contributed by atoms with van der Waals surface area (Å²) in [5, 5.41) is 14.8. The van der Waals surface area contributed by atoms with E-state index in [-0.39, 0.29) is 5.91 Å². The van der Waals surface area contributed by atoms with Crippen LogP contribution < -0.4 is 14.2 Å². The lowest BCUT2D eigenvalue weighted by atomic mass is 10.1. The molecule has 1 aliphatic heterocycles. The maximum Gasteiger partial charge on any atom is 0.414 e. The largest absolute Gasteiger partial charge is 0.497 e. The van der Waals surface area contributed by atoms with Gasteiger partial charge in [-0.15, -0.1) is 0 Å². The third-order valence-electron chi connectivity index (χ3n) is 5.11. The van der Waals surface area contributed by atoms with E-state index in [1.165, 1.54) is 5.56 Å². The second-order valence-corrected chi connectivity index (χ2v) is 7.33. The molecule has 1 heterocycles. The van der Waals surface area contributed by atoms with Crippen LogP contribution in [0.5, 0.6) is 17.2 Å². The fourth-order valence-electron chi connectivity index (χ4n) is 3.37. The van der Waals surface area contributed by atoms with E-state index in [0.717, 1.165) is 50.0 Å². The molecule has 3 rings (SSSR count). The van der Waals surface area contributed by atoms with Gasteiger partial charge in [-0.05, 0) is 48.9 Å². The number of piperazine rings is 1. The van der Waals surface area contributed by atoms with Gasteiger partial charge in [-0.2, -0.15) is 0 Å². The minimum atomic E-state index is -1.82. The Labute approximate surface area is 198 Å². The Morgan fingerprint density at radius 2 is 1.47 bits per heavy atom. The lowest BCUT2D eigenvalue weighted by Crippen LogP contribution is -2.48. The van der Waals surface area contributed by atoms with E-state index in [1.807, 2.05) is 48.2 Å². The molecule has 34 heavy (non-hydrogen) atoms. The molecule has 1 fully saturated rings. The molecule has 0 aromatic heterocycles. The first-order chi connectivity index (χ1) is 16.3. The molecule has 0 bridgehead atoms. The zero-order valence-corrected chi connectivity index (χ0v) is 19.5. The van der Waals surface area contributed by atoms with Crippen LogP contribution in [0.4, 0.5) is 0 Å². The molecule has 2 aromatic carbocycles. The van der Waals surface area contributed by atoms with Crippen molar-refractivity contribution in [3.05, 3.63) is 53.6 Å². The van der Waals surface area contributed by atoms with Gasteiger partial charge in [-0.1, -0.05) is 6.07 Å². The van der Waals surface area contributed by atoms with Crippen molar-refractivity contribution in [2.45, 2.75) is 13.5 Å². The fraction of sp³-hybridized carbons (Fsp3) is 0.375. The lowest BCUT2D eigenvalue weighted by Gasteiger charge is -2.35. The summed E-state index contributed by atoms with van der Waals surface area (Å²) in [6.07, 6.45) is 0. The molecule has 10 nitrogen and oxygen atoms in total. The molecule has 184 valence electrons. The van der Waals surface area contributed by atoms with Crippen LogP contribution in [0.15, 0.2) is 42.5 Å². The first-order valence-electron chi connectivity index (χ1n) is 10.7. The maximum absolute atomic E-state index is 12.7. The number of carboxylic acid groups (broad SMARTS) is 2. The van der Waals surface area contributed by atoms with Gasteiger partial charge in [0, 0.05) is 38.3 Å². The van der Waals surface area contributed by atoms with Crippen LogP contribution in [0.2, 0.25) is 0 Å². The smallest absolute Gasteiger partial charge is 0.414 e. The van der Waals surface area contributed by atoms with Crippen LogP contribution in [0.25, 0.3) is 0 Å². The molecule has 1 aliphatic rings. The Balaban J connectivity index is 0.000000604. The highest BCUT2D eigenvalue weighted by atomic mass is 16.5. The van der Waals surface area contributed by atoms with Gasteiger partial charge in [0.2, 0.25) is 0 Å². The Morgan fingerprint density at radius 3 is 1.97 bits per heavy atom. The van der Waals surface area contributed by atoms with Crippen molar-refractivity contribution in [3.8, 4) is 17.2 Å². The van der Waals surface area contributed by atoms with E-state index in [1.54, 1.807) is 14.2 Å². The first kappa shape index (κ1) is 26.5. The predicted octanol–water partition coefficient (Wildman–Crippen LogP) is 2.22. The second-order valence-electron chi connectivity index (χ2n) is 7.33. The number of carbonyl (C=O) groups excluding carboxylic acids is 1. The van der Waals surface area contributed by atoms with Crippen molar-refractivity contribution >= 4 is 17.8 Å². The van der Waals surface area contributed by atoms with Gasteiger partial charge < -0.3 is 29.3 Å². The maximum atomic E-state index is 12.7. The molecule has 10 heteroatoms. The number of nitrogens with zero attached hydrogens (tertiary/aromatic N) is 2. The molecule has 0 aliphatic carbocycles. The number of hydrogen-bond donors (Lipinski definition) is 2. The highest BCUT2D eigenvalue weighted by Gasteiger charge is 2.22. The van der Waals surface area contributed by atoms with E-state index in [0.29, 0.717) is 12.2 Å². The standard InChI is InChI=1S/C22H28N2O4.C2H2O4/c1-4-28-21-15-17(5-10-20(21)27-3)16-23-11-13-24(14-12-23)22(25)18-6-8-19(26-2)9-7-18;3-1(4)2(5)6/h5-10,15H,4,11-14,16H2,1-3H3;(H,3,4)(H,5,6). The summed E-state index contributed by atoms with van der Waals surface area (Å²) in [5.41, 5.74) is 1.88. The van der Waals surface area contributed by atoms with Gasteiger partial charge in [-0.3, -0.25) is 9.69 Å². The summed E-state index contributed by atoms with van der Waals surface area (Å²) in [5.74, 6) is -1.29. The molecule has 1 saturated heterocycles. The topological polar surface area (TPSA) is 126 Å². The molecule has 0 unspecified atom stereocenters. The summed E-state index contributed by atoms with van der Waals surface area (Å²) < 4.78 is 16.2. The number of methoxy groups -OCH3 is 2. The highest BCUT2D eigenvalue weighted by Crippen LogP contribution is 2.28. The summed E-state index contributed by atoms with van der Waals surface area (Å²) >= 11 is 0. The number of benzene rings is 2. The molecule has 0 radical (unpaired) electrons. The second kappa shape index (κ2) is 13.0. The third kappa shape index (κ3) is 7.66. The SMILES string of the molecule is CCOc1cc(CN2CCN(C(=O)c3ccc(OC)cc3)CC2)ccc1OC.O=C(O)C(=O)O. The van der Waals surface area contributed by atoms with Gasteiger partial charge >= 0.3 is 11.9 Å². The van der Waals surface area contributed by atoms with Crippen LogP contribution in [0.3, 0.4) is 0 Å². The predicted molar refractivity (Wildman–Crippen MR) is 124 cm³/mol. The molecule has 0 saturated carbocycles. The molecular formula is C24H30N2O8. The number of ether oxygens (including phenoxy) is 3. The highest BCUT2D eigenvalue weighted by molar-refractivity contribution is 6.27. The van der Waals surface area contributed by atoms with Crippen molar-refractivity contribution in [3.63, 3.8) is 0 Å². The number of carbonyl (C=O) groups is 3. The minimum absolute atomic E-state index is 0.0744. The molecule has 1 amide bonds. The van der Waals surface area contributed by atoms with Crippen LogP contribution in [-0.4, -0.2) is 84.9 Å². The normalized spacial score (nSPS) is 13.3. The van der Waals surface area contributed by atoms with Crippen molar-refractivity contribution < 1.29 is 38.8 Å². The molecule has 0 atom stereocenters. The Hall–Kier alpha value is -3.79. The summed E-state index contributed by atoms with van der Waals surface area (Å²) in [4.78, 5) is 35.2. The van der Waals surface area contributed by atoms with Crippen molar-refractivity contribution in [2.75, 3.05) is 47.0 Å². The summed E-state index contributed by atoms with van der Waals surface area (Å²) in [6.45, 7) is 6.53.